The van der Waals surface area contributed by atoms with Crippen LogP contribution in [0.5, 0.6) is 0 Å². The third-order valence-corrected chi connectivity index (χ3v) is 5.89. The highest BCUT2D eigenvalue weighted by atomic mass is 35.5. The summed E-state index contributed by atoms with van der Waals surface area (Å²) in [5.74, 6) is 0.215. The van der Waals surface area contributed by atoms with Crippen molar-refractivity contribution in [3.8, 4) is 0 Å². The van der Waals surface area contributed by atoms with E-state index in [0.717, 1.165) is 5.56 Å². The SMILES string of the molecule is CC1NCCS(=O)(=O)C1Cc1ccccc1Cl. The van der Waals surface area contributed by atoms with Crippen molar-refractivity contribution in [3.63, 3.8) is 0 Å². The first-order chi connectivity index (χ1) is 8.00. The van der Waals surface area contributed by atoms with Crippen LogP contribution >= 0.6 is 11.6 Å². The average molecular weight is 274 g/mol. The molecule has 5 heteroatoms. The molecule has 1 aliphatic heterocycles. The molecule has 0 aliphatic carbocycles. The number of halogens is 1. The van der Waals surface area contributed by atoms with Crippen LogP contribution in [0.3, 0.4) is 0 Å². The molecular formula is C12H16ClNO2S. The zero-order valence-electron chi connectivity index (χ0n) is 9.69. The monoisotopic (exact) mass is 273 g/mol. The van der Waals surface area contributed by atoms with E-state index in [1.54, 1.807) is 6.07 Å². The van der Waals surface area contributed by atoms with E-state index in [1.807, 2.05) is 25.1 Å². The van der Waals surface area contributed by atoms with E-state index < -0.39 is 9.84 Å². The molecule has 0 bridgehead atoms. The quantitative estimate of drug-likeness (QED) is 0.891. The highest BCUT2D eigenvalue weighted by Gasteiger charge is 2.34. The summed E-state index contributed by atoms with van der Waals surface area (Å²) >= 11 is 6.07. The molecule has 2 atom stereocenters. The molecular weight excluding hydrogens is 258 g/mol. The van der Waals surface area contributed by atoms with Crippen molar-refractivity contribution < 1.29 is 8.42 Å². The minimum atomic E-state index is -3.01. The van der Waals surface area contributed by atoms with E-state index in [0.29, 0.717) is 18.0 Å². The van der Waals surface area contributed by atoms with Gasteiger partial charge in [0.1, 0.15) is 0 Å². The van der Waals surface area contributed by atoms with Crippen molar-refractivity contribution in [1.29, 1.82) is 0 Å². The minimum Gasteiger partial charge on any atom is -0.312 e. The number of rotatable bonds is 2. The first-order valence-electron chi connectivity index (χ1n) is 5.69. The van der Waals surface area contributed by atoms with Gasteiger partial charge in [-0.3, -0.25) is 0 Å². The first kappa shape index (κ1) is 12.9. The lowest BCUT2D eigenvalue weighted by Gasteiger charge is -2.30. The molecule has 1 aromatic carbocycles. The molecule has 1 fully saturated rings. The molecule has 0 spiro atoms. The second kappa shape index (κ2) is 4.96. The van der Waals surface area contributed by atoms with Crippen LogP contribution in [-0.4, -0.2) is 32.0 Å². The number of hydrogen-bond acceptors (Lipinski definition) is 3. The maximum absolute atomic E-state index is 12.0. The standard InChI is InChI=1S/C12H16ClNO2S/c1-9-12(17(15,16)7-6-14-9)8-10-4-2-3-5-11(10)13/h2-5,9,12,14H,6-8H2,1H3. The largest absolute Gasteiger partial charge is 0.312 e. The predicted molar refractivity (Wildman–Crippen MR) is 70.2 cm³/mol. The molecule has 1 aliphatic rings. The summed E-state index contributed by atoms with van der Waals surface area (Å²) in [4.78, 5) is 0. The van der Waals surface area contributed by atoms with E-state index in [-0.39, 0.29) is 17.0 Å². The third-order valence-electron chi connectivity index (χ3n) is 3.25. The number of sulfone groups is 1. The van der Waals surface area contributed by atoms with Crippen molar-refractivity contribution in [2.24, 2.45) is 0 Å². The van der Waals surface area contributed by atoms with Crippen LogP contribution in [0.15, 0.2) is 24.3 Å². The summed E-state index contributed by atoms with van der Waals surface area (Å²) in [6.45, 7) is 2.46. The van der Waals surface area contributed by atoms with Crippen LogP contribution in [0.4, 0.5) is 0 Å². The lowest BCUT2D eigenvalue weighted by molar-refractivity contribution is 0.478. The van der Waals surface area contributed by atoms with Crippen LogP contribution < -0.4 is 5.32 Å². The molecule has 0 saturated carbocycles. The Labute approximate surface area is 107 Å². The molecule has 0 amide bonds. The highest BCUT2D eigenvalue weighted by Crippen LogP contribution is 2.22. The molecule has 1 aromatic rings. The molecule has 2 rings (SSSR count). The van der Waals surface area contributed by atoms with Crippen LogP contribution in [-0.2, 0) is 16.3 Å². The van der Waals surface area contributed by atoms with Gasteiger partial charge >= 0.3 is 0 Å². The normalized spacial score (nSPS) is 27.9. The van der Waals surface area contributed by atoms with Gasteiger partial charge in [-0.05, 0) is 25.0 Å². The van der Waals surface area contributed by atoms with E-state index in [4.69, 9.17) is 11.6 Å². The fourth-order valence-corrected chi connectivity index (χ4v) is 4.28. The molecule has 0 aromatic heterocycles. The molecule has 0 radical (unpaired) electrons. The molecule has 1 saturated heterocycles. The molecule has 2 unspecified atom stereocenters. The number of hydrogen-bond donors (Lipinski definition) is 1. The Morgan fingerprint density at radius 3 is 2.76 bits per heavy atom. The highest BCUT2D eigenvalue weighted by molar-refractivity contribution is 7.92. The maximum Gasteiger partial charge on any atom is 0.156 e. The summed E-state index contributed by atoms with van der Waals surface area (Å²) in [5.41, 5.74) is 0.901. The Hall–Kier alpha value is -0.580. The van der Waals surface area contributed by atoms with Gasteiger partial charge in [-0.25, -0.2) is 8.42 Å². The molecule has 3 nitrogen and oxygen atoms in total. The Bertz CT molecular complexity index is 501. The van der Waals surface area contributed by atoms with Crippen molar-refractivity contribution in [3.05, 3.63) is 34.9 Å². The summed E-state index contributed by atoms with van der Waals surface area (Å²) in [6, 6.07) is 7.39. The van der Waals surface area contributed by atoms with Gasteiger partial charge in [0, 0.05) is 17.6 Å². The number of nitrogens with one attached hydrogen (secondary N) is 1. The van der Waals surface area contributed by atoms with Crippen molar-refractivity contribution in [2.45, 2.75) is 24.6 Å². The van der Waals surface area contributed by atoms with Crippen LogP contribution in [0.25, 0.3) is 0 Å². The van der Waals surface area contributed by atoms with Gasteiger partial charge in [-0.1, -0.05) is 29.8 Å². The predicted octanol–water partition coefficient (Wildman–Crippen LogP) is 1.66. The molecule has 17 heavy (non-hydrogen) atoms. The summed E-state index contributed by atoms with van der Waals surface area (Å²) < 4.78 is 24.0. The third kappa shape index (κ3) is 2.81. The van der Waals surface area contributed by atoms with Gasteiger partial charge in [0.25, 0.3) is 0 Å². The zero-order valence-corrected chi connectivity index (χ0v) is 11.3. The Balaban J connectivity index is 2.25. The van der Waals surface area contributed by atoms with Crippen molar-refractivity contribution in [1.82, 2.24) is 5.32 Å². The molecule has 1 heterocycles. The van der Waals surface area contributed by atoms with Crippen molar-refractivity contribution >= 4 is 21.4 Å². The van der Waals surface area contributed by atoms with E-state index in [9.17, 15) is 8.42 Å². The van der Waals surface area contributed by atoms with Gasteiger partial charge in [0.2, 0.25) is 0 Å². The van der Waals surface area contributed by atoms with E-state index in [1.165, 1.54) is 0 Å². The van der Waals surface area contributed by atoms with Crippen LogP contribution in [0, 0.1) is 0 Å². The second-order valence-corrected chi connectivity index (χ2v) is 7.19. The second-order valence-electron chi connectivity index (χ2n) is 4.44. The van der Waals surface area contributed by atoms with Crippen molar-refractivity contribution in [2.75, 3.05) is 12.3 Å². The van der Waals surface area contributed by atoms with Gasteiger partial charge in [-0.15, -0.1) is 0 Å². The van der Waals surface area contributed by atoms with Crippen LogP contribution in [0.1, 0.15) is 12.5 Å². The summed E-state index contributed by atoms with van der Waals surface area (Å²) in [5, 5.41) is 3.47. The zero-order chi connectivity index (χ0) is 12.5. The van der Waals surface area contributed by atoms with Gasteiger partial charge < -0.3 is 5.32 Å². The van der Waals surface area contributed by atoms with E-state index >= 15 is 0 Å². The summed E-state index contributed by atoms with van der Waals surface area (Å²) in [7, 11) is -3.01. The lowest BCUT2D eigenvalue weighted by Crippen LogP contribution is -2.51. The topological polar surface area (TPSA) is 46.2 Å². The Morgan fingerprint density at radius 1 is 1.41 bits per heavy atom. The smallest absolute Gasteiger partial charge is 0.156 e. The van der Waals surface area contributed by atoms with Gasteiger partial charge in [0.05, 0.1) is 11.0 Å². The fraction of sp³-hybridized carbons (Fsp3) is 0.500. The van der Waals surface area contributed by atoms with Gasteiger partial charge in [-0.2, -0.15) is 0 Å². The molecule has 94 valence electrons. The number of benzene rings is 1. The molecule has 1 N–H and O–H groups in total. The first-order valence-corrected chi connectivity index (χ1v) is 7.78. The Morgan fingerprint density at radius 2 is 2.12 bits per heavy atom. The maximum atomic E-state index is 12.0. The Kier molecular flexibility index (Phi) is 3.76. The lowest BCUT2D eigenvalue weighted by atomic mass is 10.1. The summed E-state index contributed by atoms with van der Waals surface area (Å²) in [6.07, 6.45) is 0.482. The minimum absolute atomic E-state index is 0.0231. The average Bonchev–Trinajstić information content (AvgIpc) is 2.25. The van der Waals surface area contributed by atoms with Gasteiger partial charge in [0.15, 0.2) is 9.84 Å². The fourth-order valence-electron chi connectivity index (χ4n) is 2.21. The van der Waals surface area contributed by atoms with Crippen LogP contribution in [0.2, 0.25) is 5.02 Å². The van der Waals surface area contributed by atoms with E-state index in [2.05, 4.69) is 5.32 Å².